The van der Waals surface area contributed by atoms with E-state index in [-0.39, 0.29) is 11.5 Å². The number of thioether (sulfide) groups is 1. The number of H-pyrrole nitrogens is 1. The number of halogens is 1. The van der Waals surface area contributed by atoms with Crippen LogP contribution in [0, 0.1) is 0 Å². The van der Waals surface area contributed by atoms with Crippen molar-refractivity contribution in [3.05, 3.63) is 65.3 Å². The van der Waals surface area contributed by atoms with Crippen molar-refractivity contribution in [1.82, 2.24) is 19.7 Å². The molecule has 0 atom stereocenters. The van der Waals surface area contributed by atoms with Crippen LogP contribution in [0.25, 0.3) is 22.3 Å². The lowest BCUT2D eigenvalue weighted by molar-refractivity contribution is 0.102. The van der Waals surface area contributed by atoms with Gasteiger partial charge in [0.1, 0.15) is 0 Å². The molecule has 4 aromatic rings. The Hall–Kier alpha value is -2.57. The minimum absolute atomic E-state index is 0.0507. The highest BCUT2D eigenvalue weighted by molar-refractivity contribution is 7.99. The minimum Gasteiger partial charge on any atom is -0.360 e. The van der Waals surface area contributed by atoms with E-state index in [0.717, 1.165) is 16.5 Å². The van der Waals surface area contributed by atoms with Crippen LogP contribution in [0.5, 0.6) is 0 Å². The molecule has 5 nitrogen and oxygen atoms in total. The molecule has 0 amide bonds. The molecule has 0 unspecified atom stereocenters. The van der Waals surface area contributed by atoms with E-state index in [1.165, 1.54) is 11.8 Å². The molecule has 0 aliphatic carbocycles. The average Bonchev–Trinajstić information content (AvgIpc) is 3.24. The fourth-order valence-electron chi connectivity index (χ4n) is 2.83. The molecule has 4 rings (SSSR count). The minimum atomic E-state index is 0.0507. The predicted octanol–water partition coefficient (Wildman–Crippen LogP) is 4.59. The number of aromatic amines is 1. The number of carbonyl (C=O) groups is 1. The van der Waals surface area contributed by atoms with Crippen LogP contribution in [0.1, 0.15) is 10.4 Å². The molecule has 0 bridgehead atoms. The van der Waals surface area contributed by atoms with Gasteiger partial charge in [0.05, 0.1) is 10.8 Å². The predicted molar refractivity (Wildman–Crippen MR) is 105 cm³/mol. The SMILES string of the molecule is Cn1c(SCC(=O)c2c[nH]c3ccccc23)nnc1-c1ccccc1Cl. The molecule has 130 valence electrons. The maximum atomic E-state index is 12.6. The van der Waals surface area contributed by atoms with Crippen LogP contribution < -0.4 is 0 Å². The lowest BCUT2D eigenvalue weighted by Crippen LogP contribution is -2.03. The van der Waals surface area contributed by atoms with Crippen LogP contribution >= 0.6 is 23.4 Å². The van der Waals surface area contributed by atoms with Gasteiger partial charge in [-0.15, -0.1) is 10.2 Å². The molecule has 26 heavy (non-hydrogen) atoms. The quantitative estimate of drug-likeness (QED) is 0.405. The number of benzene rings is 2. The van der Waals surface area contributed by atoms with Gasteiger partial charge in [0.25, 0.3) is 0 Å². The van der Waals surface area contributed by atoms with Crippen molar-refractivity contribution in [3.8, 4) is 11.4 Å². The van der Waals surface area contributed by atoms with Crippen LogP contribution in [0.3, 0.4) is 0 Å². The van der Waals surface area contributed by atoms with Crippen molar-refractivity contribution >= 4 is 40.0 Å². The summed E-state index contributed by atoms with van der Waals surface area (Å²) in [6, 6.07) is 15.3. The average molecular weight is 383 g/mol. The smallest absolute Gasteiger partial charge is 0.191 e. The fraction of sp³-hybridized carbons (Fsp3) is 0.105. The first kappa shape index (κ1) is 16.9. The molecule has 7 heteroatoms. The van der Waals surface area contributed by atoms with Crippen molar-refractivity contribution < 1.29 is 4.79 Å². The summed E-state index contributed by atoms with van der Waals surface area (Å²) in [4.78, 5) is 15.7. The van der Waals surface area contributed by atoms with Crippen LogP contribution in [-0.2, 0) is 7.05 Å². The van der Waals surface area contributed by atoms with Crippen molar-refractivity contribution in [1.29, 1.82) is 0 Å². The number of hydrogen-bond acceptors (Lipinski definition) is 4. The number of aromatic nitrogens is 4. The molecule has 0 saturated carbocycles. The second-order valence-corrected chi connectivity index (χ2v) is 7.15. The largest absolute Gasteiger partial charge is 0.360 e. The zero-order valence-electron chi connectivity index (χ0n) is 13.9. The number of nitrogens with zero attached hydrogens (tertiary/aromatic N) is 3. The van der Waals surface area contributed by atoms with E-state index < -0.39 is 0 Å². The number of Topliss-reactive ketones (excluding diaryl/α,β-unsaturated/α-hetero) is 1. The molecular formula is C19H15ClN4OS. The van der Waals surface area contributed by atoms with Gasteiger partial charge in [0, 0.05) is 35.3 Å². The summed E-state index contributed by atoms with van der Waals surface area (Å²) < 4.78 is 1.86. The topological polar surface area (TPSA) is 63.6 Å². The Morgan fingerprint density at radius 3 is 2.77 bits per heavy atom. The van der Waals surface area contributed by atoms with E-state index in [0.29, 0.717) is 21.6 Å². The first-order valence-electron chi connectivity index (χ1n) is 8.01. The van der Waals surface area contributed by atoms with Gasteiger partial charge in [-0.05, 0) is 18.2 Å². The highest BCUT2D eigenvalue weighted by Gasteiger charge is 2.17. The number of fused-ring (bicyclic) bond motifs is 1. The summed E-state index contributed by atoms with van der Waals surface area (Å²) in [6.07, 6.45) is 1.76. The molecule has 0 aliphatic rings. The summed E-state index contributed by atoms with van der Waals surface area (Å²) in [5.41, 5.74) is 2.47. The monoisotopic (exact) mass is 382 g/mol. The Kier molecular flexibility index (Phi) is 4.53. The Labute approximate surface area is 159 Å². The maximum absolute atomic E-state index is 12.6. The van der Waals surface area contributed by atoms with Crippen molar-refractivity contribution in [2.24, 2.45) is 7.05 Å². The maximum Gasteiger partial charge on any atom is 0.191 e. The summed E-state index contributed by atoms with van der Waals surface area (Å²) in [5, 5.41) is 10.7. The van der Waals surface area contributed by atoms with Crippen molar-refractivity contribution in [3.63, 3.8) is 0 Å². The van der Waals surface area contributed by atoms with Crippen molar-refractivity contribution in [2.45, 2.75) is 5.16 Å². The van der Waals surface area contributed by atoms with Gasteiger partial charge in [0.15, 0.2) is 16.8 Å². The Bertz CT molecular complexity index is 1100. The normalized spacial score (nSPS) is 11.2. The number of carbonyl (C=O) groups excluding carboxylic acids is 1. The summed E-state index contributed by atoms with van der Waals surface area (Å²) in [5.74, 6) is 1.02. The summed E-state index contributed by atoms with van der Waals surface area (Å²) in [7, 11) is 1.87. The van der Waals surface area contributed by atoms with E-state index >= 15 is 0 Å². The number of nitrogens with one attached hydrogen (secondary N) is 1. The van der Waals surface area contributed by atoms with Crippen LogP contribution in [-0.4, -0.2) is 31.3 Å². The molecule has 2 aromatic carbocycles. The molecule has 2 heterocycles. The number of ketones is 1. The van der Waals surface area contributed by atoms with Gasteiger partial charge in [0.2, 0.25) is 0 Å². The zero-order chi connectivity index (χ0) is 18.1. The molecule has 1 N–H and O–H groups in total. The van der Waals surface area contributed by atoms with Gasteiger partial charge in [-0.3, -0.25) is 4.79 Å². The second-order valence-electron chi connectivity index (χ2n) is 5.80. The van der Waals surface area contributed by atoms with Gasteiger partial charge >= 0.3 is 0 Å². The summed E-state index contributed by atoms with van der Waals surface area (Å²) in [6.45, 7) is 0. The van der Waals surface area contributed by atoms with E-state index in [2.05, 4.69) is 15.2 Å². The Morgan fingerprint density at radius 2 is 1.92 bits per heavy atom. The molecule has 0 fully saturated rings. The molecular weight excluding hydrogens is 368 g/mol. The summed E-state index contributed by atoms with van der Waals surface area (Å²) >= 11 is 7.61. The van der Waals surface area contributed by atoms with Crippen LogP contribution in [0.2, 0.25) is 5.02 Å². The zero-order valence-corrected chi connectivity index (χ0v) is 15.5. The second kappa shape index (κ2) is 6.97. The van der Waals surface area contributed by atoms with E-state index in [1.807, 2.05) is 60.1 Å². The lowest BCUT2D eigenvalue weighted by Gasteiger charge is -2.05. The third kappa shape index (κ3) is 3.02. The third-order valence-corrected chi connectivity index (χ3v) is 5.52. The lowest BCUT2D eigenvalue weighted by atomic mass is 10.1. The Balaban J connectivity index is 1.54. The third-order valence-electron chi connectivity index (χ3n) is 4.17. The first-order valence-corrected chi connectivity index (χ1v) is 9.38. The molecule has 0 aliphatic heterocycles. The highest BCUT2D eigenvalue weighted by atomic mass is 35.5. The van der Waals surface area contributed by atoms with E-state index in [9.17, 15) is 4.79 Å². The molecule has 2 aromatic heterocycles. The standard InChI is InChI=1S/C19H15ClN4OS/c1-24-18(13-7-2-4-8-15(13)20)22-23-19(24)26-11-17(25)14-10-21-16-9-5-3-6-12(14)16/h2-10,21H,11H2,1H3. The van der Waals surface area contributed by atoms with E-state index in [4.69, 9.17) is 11.6 Å². The molecule has 0 spiro atoms. The van der Waals surface area contributed by atoms with Crippen molar-refractivity contribution in [2.75, 3.05) is 5.75 Å². The van der Waals surface area contributed by atoms with Gasteiger partial charge in [-0.25, -0.2) is 0 Å². The Morgan fingerprint density at radius 1 is 1.15 bits per heavy atom. The van der Waals surface area contributed by atoms with Crippen LogP contribution in [0.15, 0.2) is 59.9 Å². The number of hydrogen-bond donors (Lipinski definition) is 1. The van der Waals surface area contributed by atoms with Gasteiger partial charge < -0.3 is 9.55 Å². The van der Waals surface area contributed by atoms with Gasteiger partial charge in [-0.2, -0.15) is 0 Å². The highest BCUT2D eigenvalue weighted by Crippen LogP contribution is 2.29. The number of para-hydroxylation sites is 1. The fourth-order valence-corrected chi connectivity index (χ4v) is 3.84. The molecule has 0 radical (unpaired) electrons. The first-order chi connectivity index (χ1) is 12.6. The molecule has 0 saturated heterocycles. The van der Waals surface area contributed by atoms with Crippen LogP contribution in [0.4, 0.5) is 0 Å². The van der Waals surface area contributed by atoms with E-state index in [1.54, 1.807) is 6.20 Å². The number of rotatable bonds is 5. The van der Waals surface area contributed by atoms with Gasteiger partial charge in [-0.1, -0.05) is 53.7 Å².